The van der Waals surface area contributed by atoms with E-state index in [9.17, 15) is 4.79 Å². The molecule has 0 bridgehead atoms. The third-order valence-electron chi connectivity index (χ3n) is 3.67. The molecular formula is C15H12N4O3. The highest BCUT2D eigenvalue weighted by Crippen LogP contribution is 2.29. The summed E-state index contributed by atoms with van der Waals surface area (Å²) in [5.41, 5.74) is 2.53. The number of fused-ring (bicyclic) bond motifs is 2. The van der Waals surface area contributed by atoms with Gasteiger partial charge in [-0.3, -0.25) is 4.57 Å². The highest BCUT2D eigenvalue weighted by atomic mass is 16.5. The van der Waals surface area contributed by atoms with Crippen molar-refractivity contribution in [1.82, 2.24) is 19.9 Å². The Kier molecular flexibility index (Phi) is 2.80. The summed E-state index contributed by atoms with van der Waals surface area (Å²) >= 11 is 0. The maximum atomic E-state index is 11.1. The Hall–Kier alpha value is -2.93. The van der Waals surface area contributed by atoms with Gasteiger partial charge in [0.2, 0.25) is 5.88 Å². The number of nitrogens with zero attached hydrogens (tertiary/aromatic N) is 3. The fraction of sp³-hybridized carbons (Fsp3) is 0.133. The fourth-order valence-corrected chi connectivity index (χ4v) is 2.62. The Morgan fingerprint density at radius 2 is 2.18 bits per heavy atom. The third kappa shape index (κ3) is 1.99. The van der Waals surface area contributed by atoms with E-state index in [2.05, 4.69) is 15.3 Å². The average Bonchev–Trinajstić information content (AvgIpc) is 3.13. The molecule has 0 atom stereocenters. The van der Waals surface area contributed by atoms with Crippen LogP contribution in [0.25, 0.3) is 10.9 Å². The SMILES string of the molecule is O=C(O)n1ccc2cc(Oc3ncnc4c3CNC4)ccc21. The van der Waals surface area contributed by atoms with Gasteiger partial charge in [-0.15, -0.1) is 0 Å². The van der Waals surface area contributed by atoms with Gasteiger partial charge in [0.1, 0.15) is 12.1 Å². The van der Waals surface area contributed by atoms with Crippen molar-refractivity contribution in [3.8, 4) is 11.6 Å². The topological polar surface area (TPSA) is 89.3 Å². The molecule has 0 aliphatic carbocycles. The number of nitrogens with one attached hydrogen (secondary N) is 1. The maximum Gasteiger partial charge on any atom is 0.415 e. The van der Waals surface area contributed by atoms with Crippen LogP contribution < -0.4 is 10.1 Å². The minimum atomic E-state index is -1.01. The first-order chi connectivity index (χ1) is 10.7. The number of benzene rings is 1. The summed E-state index contributed by atoms with van der Waals surface area (Å²) in [6.07, 6.45) is 1.99. The molecule has 3 heterocycles. The standard InChI is InChI=1S/C15H12N4O3/c20-15(21)19-4-3-9-5-10(1-2-13(9)19)22-14-11-6-16-7-12(11)17-8-18-14/h1-5,8,16H,6-7H2,(H,20,21). The molecule has 1 aliphatic heterocycles. The van der Waals surface area contributed by atoms with E-state index in [1.165, 1.54) is 17.1 Å². The lowest BCUT2D eigenvalue weighted by Crippen LogP contribution is -2.05. The first-order valence-electron chi connectivity index (χ1n) is 6.78. The zero-order valence-electron chi connectivity index (χ0n) is 11.5. The smallest absolute Gasteiger partial charge is 0.415 e. The lowest BCUT2D eigenvalue weighted by Gasteiger charge is -2.08. The van der Waals surface area contributed by atoms with Crippen LogP contribution in [0.3, 0.4) is 0 Å². The second-order valence-corrected chi connectivity index (χ2v) is 5.00. The predicted molar refractivity (Wildman–Crippen MR) is 78.0 cm³/mol. The van der Waals surface area contributed by atoms with Gasteiger partial charge in [-0.1, -0.05) is 0 Å². The van der Waals surface area contributed by atoms with Crippen molar-refractivity contribution < 1.29 is 14.6 Å². The molecule has 0 saturated heterocycles. The molecule has 4 rings (SSSR count). The van der Waals surface area contributed by atoms with Crippen molar-refractivity contribution in [2.24, 2.45) is 0 Å². The number of ether oxygens (including phenoxy) is 1. The van der Waals surface area contributed by atoms with E-state index in [1.807, 2.05) is 0 Å². The number of aromatic nitrogens is 3. The Bertz CT molecular complexity index is 888. The van der Waals surface area contributed by atoms with E-state index in [-0.39, 0.29) is 0 Å². The number of hydrogen-bond acceptors (Lipinski definition) is 5. The van der Waals surface area contributed by atoms with E-state index in [4.69, 9.17) is 9.84 Å². The van der Waals surface area contributed by atoms with Crippen LogP contribution in [0.15, 0.2) is 36.8 Å². The summed E-state index contributed by atoms with van der Waals surface area (Å²) in [4.78, 5) is 19.5. The molecule has 3 aromatic rings. The molecule has 0 radical (unpaired) electrons. The molecule has 0 spiro atoms. The lowest BCUT2D eigenvalue weighted by atomic mass is 10.2. The summed E-state index contributed by atoms with van der Waals surface area (Å²) in [6, 6.07) is 6.99. The molecule has 7 nitrogen and oxygen atoms in total. The largest absolute Gasteiger partial charge is 0.464 e. The molecule has 0 unspecified atom stereocenters. The molecule has 0 amide bonds. The van der Waals surface area contributed by atoms with Crippen molar-refractivity contribution in [2.45, 2.75) is 13.1 Å². The lowest BCUT2D eigenvalue weighted by molar-refractivity contribution is 0.197. The van der Waals surface area contributed by atoms with Crippen molar-refractivity contribution in [3.05, 3.63) is 48.0 Å². The highest BCUT2D eigenvalue weighted by Gasteiger charge is 2.18. The zero-order chi connectivity index (χ0) is 15.1. The van der Waals surface area contributed by atoms with Gasteiger partial charge in [0.05, 0.1) is 16.8 Å². The highest BCUT2D eigenvalue weighted by molar-refractivity contribution is 5.89. The van der Waals surface area contributed by atoms with Crippen LogP contribution >= 0.6 is 0 Å². The van der Waals surface area contributed by atoms with Crippen molar-refractivity contribution >= 4 is 17.0 Å². The predicted octanol–water partition coefficient (Wildman–Crippen LogP) is 2.35. The average molecular weight is 296 g/mol. The Morgan fingerprint density at radius 3 is 3.05 bits per heavy atom. The third-order valence-corrected chi connectivity index (χ3v) is 3.67. The number of rotatable bonds is 2. The molecule has 0 fully saturated rings. The van der Waals surface area contributed by atoms with E-state index in [0.717, 1.165) is 16.6 Å². The molecule has 2 aromatic heterocycles. The van der Waals surface area contributed by atoms with Crippen LogP contribution in [0, 0.1) is 0 Å². The summed E-state index contributed by atoms with van der Waals surface area (Å²) in [5.74, 6) is 1.15. The van der Waals surface area contributed by atoms with Crippen LogP contribution in [0.2, 0.25) is 0 Å². The van der Waals surface area contributed by atoms with Crippen LogP contribution in [0.1, 0.15) is 11.3 Å². The molecule has 1 aromatic carbocycles. The van der Waals surface area contributed by atoms with E-state index in [1.54, 1.807) is 24.3 Å². The Balaban J connectivity index is 1.71. The van der Waals surface area contributed by atoms with Gasteiger partial charge in [0, 0.05) is 24.7 Å². The Morgan fingerprint density at radius 1 is 1.27 bits per heavy atom. The second kappa shape index (κ2) is 4.81. The van der Waals surface area contributed by atoms with Crippen molar-refractivity contribution in [2.75, 3.05) is 0 Å². The van der Waals surface area contributed by atoms with Crippen LogP contribution in [-0.2, 0) is 13.1 Å². The van der Waals surface area contributed by atoms with Gasteiger partial charge < -0.3 is 15.2 Å². The Labute approximate surface area is 125 Å². The van der Waals surface area contributed by atoms with Crippen LogP contribution in [-0.4, -0.2) is 25.7 Å². The van der Waals surface area contributed by atoms with Crippen molar-refractivity contribution in [1.29, 1.82) is 0 Å². The molecule has 1 aliphatic rings. The summed E-state index contributed by atoms with van der Waals surface area (Å²) in [7, 11) is 0. The van der Waals surface area contributed by atoms with Gasteiger partial charge in [-0.25, -0.2) is 14.8 Å². The van der Waals surface area contributed by atoms with Gasteiger partial charge >= 0.3 is 6.09 Å². The summed E-state index contributed by atoms with van der Waals surface area (Å²) < 4.78 is 7.02. The van der Waals surface area contributed by atoms with Crippen molar-refractivity contribution in [3.63, 3.8) is 0 Å². The quantitative estimate of drug-likeness (QED) is 0.754. The van der Waals surface area contributed by atoms with Gasteiger partial charge in [0.25, 0.3) is 0 Å². The monoisotopic (exact) mass is 296 g/mol. The van der Waals surface area contributed by atoms with Gasteiger partial charge in [0.15, 0.2) is 0 Å². The fourth-order valence-electron chi connectivity index (χ4n) is 2.62. The molecule has 2 N–H and O–H groups in total. The molecule has 110 valence electrons. The number of carboxylic acid groups (broad SMARTS) is 1. The number of carbonyl (C=O) groups is 1. The number of hydrogen-bond donors (Lipinski definition) is 2. The van der Waals surface area contributed by atoms with E-state index in [0.29, 0.717) is 30.2 Å². The van der Waals surface area contributed by atoms with Crippen LogP contribution in [0.4, 0.5) is 4.79 Å². The molecule has 7 heteroatoms. The van der Waals surface area contributed by atoms with Gasteiger partial charge in [-0.2, -0.15) is 0 Å². The second-order valence-electron chi connectivity index (χ2n) is 5.00. The van der Waals surface area contributed by atoms with Crippen LogP contribution in [0.5, 0.6) is 11.6 Å². The molecule has 22 heavy (non-hydrogen) atoms. The normalized spacial score (nSPS) is 13.3. The molecule has 0 saturated carbocycles. The summed E-state index contributed by atoms with van der Waals surface area (Å²) in [5, 5.41) is 13.1. The van der Waals surface area contributed by atoms with E-state index < -0.39 is 6.09 Å². The van der Waals surface area contributed by atoms with Gasteiger partial charge in [-0.05, 0) is 24.3 Å². The molecular weight excluding hydrogens is 284 g/mol. The zero-order valence-corrected chi connectivity index (χ0v) is 11.5. The van der Waals surface area contributed by atoms with E-state index >= 15 is 0 Å². The minimum absolute atomic E-state index is 0.534. The first-order valence-corrected chi connectivity index (χ1v) is 6.78. The summed E-state index contributed by atoms with van der Waals surface area (Å²) in [6.45, 7) is 1.40. The first kappa shape index (κ1) is 12.8. The maximum absolute atomic E-state index is 11.1. The minimum Gasteiger partial charge on any atom is -0.464 e.